The van der Waals surface area contributed by atoms with Crippen LogP contribution in [-0.4, -0.2) is 25.5 Å². The third kappa shape index (κ3) is 13.5. The Labute approximate surface area is 366 Å². The molecule has 1 aromatic heterocycles. The smallest absolute Gasteiger partial charge is 0.0504 e. The van der Waals surface area contributed by atoms with E-state index in [1.807, 2.05) is 0 Å². The standard InChI is InChI=1S/C50H67Br2NO2S2/c1-5-7-9-11-13-15-16-18-20-22-24-38(23-21-19-17-14-12-10-8-6-2)37-53-47-33-43(39-25-29-41(51)30-26-39)49(56(3)54)35-45(47)46-36-50(57(4)55)44(34-48(46)53)40-27-31-42(52)32-28-40/h25-36,38H,5-24,37H2,1-4H3. The molecule has 5 aromatic rings. The van der Waals surface area contributed by atoms with Gasteiger partial charge in [-0.2, -0.15) is 0 Å². The van der Waals surface area contributed by atoms with E-state index >= 15 is 0 Å². The average Bonchev–Trinajstić information content (AvgIpc) is 3.49. The van der Waals surface area contributed by atoms with Gasteiger partial charge in [0, 0.05) is 59.6 Å². The maximum Gasteiger partial charge on any atom is 0.0504 e. The molecule has 0 aliphatic heterocycles. The van der Waals surface area contributed by atoms with Gasteiger partial charge in [0.1, 0.15) is 0 Å². The molecule has 0 radical (unpaired) electrons. The number of aromatic nitrogens is 1. The van der Waals surface area contributed by atoms with Crippen LogP contribution in [0.15, 0.2) is 91.5 Å². The third-order valence-corrected chi connectivity index (χ3v) is 14.8. The first-order valence-corrected chi connectivity index (χ1v) is 26.7. The number of hydrogen-bond acceptors (Lipinski definition) is 2. The molecular formula is C50H67Br2NO2S2. The van der Waals surface area contributed by atoms with Crippen LogP contribution in [0.2, 0.25) is 0 Å². The van der Waals surface area contributed by atoms with Crippen LogP contribution in [-0.2, 0) is 28.1 Å². The quantitative estimate of drug-likeness (QED) is 0.0518. The van der Waals surface area contributed by atoms with Crippen LogP contribution in [0.3, 0.4) is 0 Å². The normalized spacial score (nSPS) is 13.4. The average molecular weight is 938 g/mol. The second kappa shape index (κ2) is 24.3. The van der Waals surface area contributed by atoms with E-state index in [4.69, 9.17) is 0 Å². The molecule has 3 atom stereocenters. The summed E-state index contributed by atoms with van der Waals surface area (Å²) in [5.41, 5.74) is 6.50. The van der Waals surface area contributed by atoms with E-state index in [9.17, 15) is 8.42 Å². The fourth-order valence-corrected chi connectivity index (χ4v) is 10.7. The highest BCUT2D eigenvalue weighted by Crippen LogP contribution is 2.41. The predicted octanol–water partition coefficient (Wildman–Crippen LogP) is 16.6. The molecule has 0 aliphatic carbocycles. The highest BCUT2D eigenvalue weighted by molar-refractivity contribution is 9.10. The zero-order chi connectivity index (χ0) is 40.6. The molecule has 1 heterocycles. The molecule has 4 aromatic carbocycles. The molecule has 0 N–H and O–H groups in total. The summed E-state index contributed by atoms with van der Waals surface area (Å²) in [6.45, 7) is 5.53. The number of nitrogens with zero attached hydrogens (tertiary/aromatic N) is 1. The minimum atomic E-state index is -1.20. The van der Waals surface area contributed by atoms with Crippen LogP contribution in [0.25, 0.3) is 44.1 Å². The van der Waals surface area contributed by atoms with Gasteiger partial charge in [0.15, 0.2) is 0 Å². The Kier molecular flexibility index (Phi) is 19.6. The topological polar surface area (TPSA) is 39.1 Å². The molecule has 0 saturated heterocycles. The third-order valence-electron chi connectivity index (χ3n) is 11.9. The van der Waals surface area contributed by atoms with Crippen molar-refractivity contribution < 1.29 is 8.42 Å². The molecule has 0 fully saturated rings. The lowest BCUT2D eigenvalue weighted by Crippen LogP contribution is -2.12. The Morgan fingerprint density at radius 3 is 1.16 bits per heavy atom. The highest BCUT2D eigenvalue weighted by Gasteiger charge is 2.22. The lowest BCUT2D eigenvalue weighted by Gasteiger charge is -2.20. The fraction of sp³-hybridized carbons (Fsp3) is 0.520. The predicted molar refractivity (Wildman–Crippen MR) is 258 cm³/mol. The fourth-order valence-electron chi connectivity index (χ4n) is 8.60. The molecule has 0 aliphatic rings. The largest absolute Gasteiger partial charge is 0.340 e. The maximum atomic E-state index is 13.5. The monoisotopic (exact) mass is 935 g/mol. The summed E-state index contributed by atoms with van der Waals surface area (Å²) >= 11 is 7.23. The summed E-state index contributed by atoms with van der Waals surface area (Å²) in [5.74, 6) is 0.560. The van der Waals surface area contributed by atoms with Gasteiger partial charge in [-0.25, -0.2) is 0 Å². The molecule has 0 amide bonds. The summed E-state index contributed by atoms with van der Waals surface area (Å²) in [6.07, 6.45) is 30.3. The van der Waals surface area contributed by atoms with E-state index in [1.165, 1.54) is 139 Å². The van der Waals surface area contributed by atoms with Crippen molar-refractivity contribution in [3.05, 3.63) is 81.7 Å². The summed E-state index contributed by atoms with van der Waals surface area (Å²) in [6, 6.07) is 25.7. The van der Waals surface area contributed by atoms with Gasteiger partial charge >= 0.3 is 0 Å². The molecule has 57 heavy (non-hydrogen) atoms. The van der Waals surface area contributed by atoms with Crippen molar-refractivity contribution in [3.8, 4) is 22.3 Å². The summed E-state index contributed by atoms with van der Waals surface area (Å²) in [5, 5.41) is 2.18. The number of halogens is 2. The van der Waals surface area contributed by atoms with Gasteiger partial charge < -0.3 is 4.57 Å². The van der Waals surface area contributed by atoms with Gasteiger partial charge in [0.25, 0.3) is 0 Å². The Morgan fingerprint density at radius 2 is 0.825 bits per heavy atom. The molecule has 5 rings (SSSR count). The van der Waals surface area contributed by atoms with Crippen LogP contribution in [0.4, 0.5) is 0 Å². The number of benzene rings is 4. The van der Waals surface area contributed by atoms with Crippen molar-refractivity contribution in [1.82, 2.24) is 4.57 Å². The zero-order valence-corrected chi connectivity index (χ0v) is 40.0. The van der Waals surface area contributed by atoms with Crippen molar-refractivity contribution in [1.29, 1.82) is 0 Å². The van der Waals surface area contributed by atoms with Gasteiger partial charge in [-0.1, -0.05) is 186 Å². The van der Waals surface area contributed by atoms with E-state index in [0.717, 1.165) is 58.3 Å². The van der Waals surface area contributed by atoms with E-state index < -0.39 is 21.6 Å². The minimum Gasteiger partial charge on any atom is -0.340 e. The number of rotatable bonds is 26. The van der Waals surface area contributed by atoms with E-state index in [-0.39, 0.29) is 0 Å². The number of fused-ring (bicyclic) bond motifs is 3. The maximum absolute atomic E-state index is 13.5. The first-order chi connectivity index (χ1) is 27.7. The van der Waals surface area contributed by atoms with Crippen LogP contribution in [0.1, 0.15) is 142 Å². The Hall–Kier alpha value is -2.06. The molecule has 7 heteroatoms. The van der Waals surface area contributed by atoms with Crippen molar-refractivity contribution in [3.63, 3.8) is 0 Å². The van der Waals surface area contributed by atoms with Gasteiger partial charge in [0.2, 0.25) is 0 Å². The van der Waals surface area contributed by atoms with Gasteiger partial charge in [0.05, 0.1) is 21.6 Å². The first-order valence-electron chi connectivity index (χ1n) is 22.0. The van der Waals surface area contributed by atoms with E-state index in [0.29, 0.717) is 5.92 Å². The zero-order valence-electron chi connectivity index (χ0n) is 35.2. The van der Waals surface area contributed by atoms with Crippen LogP contribution in [0.5, 0.6) is 0 Å². The molecule has 0 saturated carbocycles. The van der Waals surface area contributed by atoms with E-state index in [2.05, 4.69) is 123 Å². The van der Waals surface area contributed by atoms with Gasteiger partial charge in [-0.3, -0.25) is 8.42 Å². The molecule has 0 bridgehead atoms. The molecule has 310 valence electrons. The number of unbranched alkanes of at least 4 members (excludes halogenated alkanes) is 16. The summed E-state index contributed by atoms with van der Waals surface area (Å²) in [7, 11) is -2.41. The SMILES string of the molecule is CCCCCCCCCCCCC(CCCCCCCCCC)Cn1c2cc(-c3ccc(Br)cc3)c(S(C)=O)cc2c2cc(S(C)=O)c(-c3ccc(Br)cc3)cc21. The summed E-state index contributed by atoms with van der Waals surface area (Å²) in [4.78, 5) is 1.67. The molecule has 3 nitrogen and oxygen atoms in total. The Balaban J connectivity index is 1.53. The second-order valence-electron chi connectivity index (χ2n) is 16.4. The molecule has 0 spiro atoms. The summed E-state index contributed by atoms with van der Waals surface area (Å²) < 4.78 is 31.6. The van der Waals surface area contributed by atoms with Crippen molar-refractivity contribution >= 4 is 75.3 Å². The van der Waals surface area contributed by atoms with Crippen LogP contribution >= 0.6 is 31.9 Å². The van der Waals surface area contributed by atoms with Gasteiger partial charge in [-0.15, -0.1) is 0 Å². The van der Waals surface area contributed by atoms with Crippen LogP contribution in [0, 0.1) is 5.92 Å². The van der Waals surface area contributed by atoms with Gasteiger partial charge in [-0.05, 0) is 89.5 Å². The minimum absolute atomic E-state index is 0.560. The Morgan fingerprint density at radius 1 is 0.491 bits per heavy atom. The van der Waals surface area contributed by atoms with Crippen molar-refractivity contribution in [2.75, 3.05) is 12.5 Å². The molecule has 3 unspecified atom stereocenters. The van der Waals surface area contributed by atoms with Crippen molar-refractivity contribution in [2.24, 2.45) is 5.92 Å². The first kappa shape index (κ1) is 46.0. The second-order valence-corrected chi connectivity index (χ2v) is 20.9. The van der Waals surface area contributed by atoms with E-state index in [1.54, 1.807) is 12.5 Å². The number of hydrogen-bond donors (Lipinski definition) is 0. The van der Waals surface area contributed by atoms with Crippen molar-refractivity contribution in [2.45, 2.75) is 159 Å². The van der Waals surface area contributed by atoms with Crippen LogP contribution < -0.4 is 0 Å². The highest BCUT2D eigenvalue weighted by atomic mass is 79.9. The lowest BCUT2D eigenvalue weighted by molar-refractivity contribution is 0.364. The molecular weight excluding hydrogens is 870 g/mol. The Bertz CT molecular complexity index is 1920. The lowest BCUT2D eigenvalue weighted by atomic mass is 9.93.